The normalized spacial score (nSPS) is 18.0. The van der Waals surface area contributed by atoms with Gasteiger partial charge in [-0.15, -0.1) is 0 Å². The lowest BCUT2D eigenvalue weighted by atomic mass is 10.1. The predicted octanol–water partition coefficient (Wildman–Crippen LogP) is 3.07. The Hall–Kier alpha value is -2.40. The van der Waals surface area contributed by atoms with E-state index in [0.29, 0.717) is 12.5 Å². The molecule has 1 fully saturated rings. The zero-order chi connectivity index (χ0) is 14.9. The number of benzene rings is 1. The Bertz CT molecular complexity index is 770. The minimum Gasteiger partial charge on any atom is -0.381 e. The van der Waals surface area contributed by atoms with E-state index in [1.807, 2.05) is 35.3 Å². The number of aromatic amines is 1. The Labute approximate surface area is 129 Å². The molecule has 2 aromatic heterocycles. The highest BCUT2D eigenvalue weighted by Gasteiger charge is 2.25. The molecule has 1 aromatic carbocycles. The van der Waals surface area contributed by atoms with Gasteiger partial charge in [0.25, 0.3) is 0 Å². The summed E-state index contributed by atoms with van der Waals surface area (Å²) in [5, 5.41) is 4.79. The van der Waals surface area contributed by atoms with E-state index in [0.717, 1.165) is 35.9 Å². The smallest absolute Gasteiger partial charge is 0.165 e. The molecular weight excluding hydrogens is 276 g/mol. The maximum Gasteiger partial charge on any atom is 0.165 e. The summed E-state index contributed by atoms with van der Waals surface area (Å²) < 4.78 is 7.44. The first-order chi connectivity index (χ1) is 10.8. The van der Waals surface area contributed by atoms with E-state index in [-0.39, 0.29) is 0 Å². The molecule has 5 nitrogen and oxygen atoms in total. The van der Waals surface area contributed by atoms with Crippen molar-refractivity contribution in [2.45, 2.75) is 19.3 Å². The van der Waals surface area contributed by atoms with Gasteiger partial charge in [0.1, 0.15) is 0 Å². The third-order valence-corrected chi connectivity index (χ3v) is 4.12. The topological polar surface area (TPSA) is 55.7 Å². The molecule has 112 valence electrons. The van der Waals surface area contributed by atoms with E-state index < -0.39 is 0 Å². The molecule has 0 bridgehead atoms. The largest absolute Gasteiger partial charge is 0.381 e. The molecule has 0 unspecified atom stereocenters. The third kappa shape index (κ3) is 2.23. The molecule has 22 heavy (non-hydrogen) atoms. The van der Waals surface area contributed by atoms with Crippen molar-refractivity contribution in [3.63, 3.8) is 0 Å². The van der Waals surface area contributed by atoms with Crippen LogP contribution in [0.15, 0.2) is 42.7 Å². The maximum absolute atomic E-state index is 5.49. The SMILES string of the molecule is Cc1ccccc1-n1nc([C@H]2CCOC2)nc1-c1cc[nH]c1. The number of aromatic nitrogens is 4. The molecule has 1 aliphatic heterocycles. The van der Waals surface area contributed by atoms with E-state index in [1.54, 1.807) is 0 Å². The molecule has 3 heterocycles. The van der Waals surface area contributed by atoms with E-state index in [2.05, 4.69) is 24.0 Å². The Morgan fingerprint density at radius 2 is 2.18 bits per heavy atom. The summed E-state index contributed by atoms with van der Waals surface area (Å²) in [7, 11) is 0. The number of nitrogens with zero attached hydrogens (tertiary/aromatic N) is 3. The van der Waals surface area contributed by atoms with Crippen molar-refractivity contribution in [3.05, 3.63) is 54.1 Å². The van der Waals surface area contributed by atoms with Gasteiger partial charge in [0.15, 0.2) is 11.6 Å². The summed E-state index contributed by atoms with van der Waals surface area (Å²) in [5.74, 6) is 2.04. The lowest BCUT2D eigenvalue weighted by Crippen LogP contribution is -2.03. The van der Waals surface area contributed by atoms with Gasteiger partial charge in [-0.05, 0) is 31.0 Å². The van der Waals surface area contributed by atoms with Crippen LogP contribution in [0.5, 0.6) is 0 Å². The van der Waals surface area contributed by atoms with Crippen LogP contribution in [0.2, 0.25) is 0 Å². The first-order valence-corrected chi connectivity index (χ1v) is 7.57. The summed E-state index contributed by atoms with van der Waals surface area (Å²) in [6, 6.07) is 10.3. The van der Waals surface area contributed by atoms with Crippen LogP contribution in [0.3, 0.4) is 0 Å². The van der Waals surface area contributed by atoms with Crippen LogP contribution in [-0.2, 0) is 4.74 Å². The fourth-order valence-electron chi connectivity index (χ4n) is 2.86. The van der Waals surface area contributed by atoms with Crippen LogP contribution >= 0.6 is 0 Å². The number of nitrogens with one attached hydrogen (secondary N) is 1. The van der Waals surface area contributed by atoms with Crippen molar-refractivity contribution < 1.29 is 4.74 Å². The molecule has 4 rings (SSSR count). The quantitative estimate of drug-likeness (QED) is 0.807. The van der Waals surface area contributed by atoms with Crippen LogP contribution in [0.1, 0.15) is 23.7 Å². The van der Waals surface area contributed by atoms with Gasteiger partial charge in [0.05, 0.1) is 12.3 Å². The highest BCUT2D eigenvalue weighted by atomic mass is 16.5. The van der Waals surface area contributed by atoms with E-state index in [9.17, 15) is 0 Å². The van der Waals surface area contributed by atoms with Crippen LogP contribution in [0.25, 0.3) is 17.1 Å². The van der Waals surface area contributed by atoms with Gasteiger partial charge < -0.3 is 9.72 Å². The standard InChI is InChI=1S/C17H18N4O/c1-12-4-2-3-5-15(12)21-17(13-6-8-18-10-13)19-16(20-21)14-7-9-22-11-14/h2-6,8,10,14,18H,7,9,11H2,1H3/t14-/m0/s1. The third-order valence-electron chi connectivity index (χ3n) is 4.12. The Balaban J connectivity index is 1.86. The second-order valence-electron chi connectivity index (χ2n) is 5.65. The van der Waals surface area contributed by atoms with Crippen molar-refractivity contribution in [2.24, 2.45) is 0 Å². The highest BCUT2D eigenvalue weighted by molar-refractivity contribution is 5.58. The number of ether oxygens (including phenoxy) is 1. The number of para-hydroxylation sites is 1. The molecule has 0 aliphatic carbocycles. The van der Waals surface area contributed by atoms with E-state index >= 15 is 0 Å². The van der Waals surface area contributed by atoms with Crippen LogP contribution in [0.4, 0.5) is 0 Å². The molecule has 5 heteroatoms. The van der Waals surface area contributed by atoms with Crippen LogP contribution in [0, 0.1) is 6.92 Å². The first kappa shape index (κ1) is 13.3. The second-order valence-corrected chi connectivity index (χ2v) is 5.65. The molecule has 1 aliphatic rings. The Morgan fingerprint density at radius 1 is 1.27 bits per heavy atom. The lowest BCUT2D eigenvalue weighted by molar-refractivity contribution is 0.193. The summed E-state index contributed by atoms with van der Waals surface area (Å²) in [6.45, 7) is 3.60. The van der Waals surface area contributed by atoms with Gasteiger partial charge in [-0.25, -0.2) is 9.67 Å². The van der Waals surface area contributed by atoms with Gasteiger partial charge in [0, 0.05) is 30.5 Å². The monoisotopic (exact) mass is 294 g/mol. The number of H-pyrrole nitrogens is 1. The number of hydrogen-bond donors (Lipinski definition) is 1. The minimum atomic E-state index is 0.294. The summed E-state index contributed by atoms with van der Waals surface area (Å²) >= 11 is 0. The van der Waals surface area contributed by atoms with Crippen LogP contribution in [-0.4, -0.2) is 33.0 Å². The highest BCUT2D eigenvalue weighted by Crippen LogP contribution is 2.28. The average molecular weight is 294 g/mol. The average Bonchev–Trinajstić information content (AvgIpc) is 3.27. The molecule has 0 spiro atoms. The summed E-state index contributed by atoms with van der Waals surface area (Å²) in [5.41, 5.74) is 3.29. The zero-order valence-electron chi connectivity index (χ0n) is 12.5. The second kappa shape index (κ2) is 5.42. The maximum atomic E-state index is 5.49. The molecular formula is C17H18N4O. The fraction of sp³-hybridized carbons (Fsp3) is 0.294. The van der Waals surface area contributed by atoms with Crippen molar-refractivity contribution in [3.8, 4) is 17.1 Å². The number of aryl methyl sites for hydroxylation is 1. The van der Waals surface area contributed by atoms with Crippen molar-refractivity contribution in [1.29, 1.82) is 0 Å². The minimum absolute atomic E-state index is 0.294. The van der Waals surface area contributed by atoms with E-state index in [1.165, 1.54) is 5.56 Å². The van der Waals surface area contributed by atoms with Crippen molar-refractivity contribution in [2.75, 3.05) is 13.2 Å². The Morgan fingerprint density at radius 3 is 2.91 bits per heavy atom. The summed E-state index contributed by atoms with van der Waals surface area (Å²) in [6.07, 6.45) is 4.85. The molecule has 1 atom stereocenters. The van der Waals surface area contributed by atoms with Gasteiger partial charge in [-0.3, -0.25) is 0 Å². The van der Waals surface area contributed by atoms with Gasteiger partial charge in [0.2, 0.25) is 0 Å². The molecule has 1 saturated heterocycles. The number of rotatable bonds is 3. The number of hydrogen-bond acceptors (Lipinski definition) is 3. The molecule has 0 saturated carbocycles. The van der Waals surface area contributed by atoms with Gasteiger partial charge in [-0.2, -0.15) is 5.10 Å². The molecule has 0 radical (unpaired) electrons. The Kier molecular flexibility index (Phi) is 3.27. The van der Waals surface area contributed by atoms with Crippen molar-refractivity contribution in [1.82, 2.24) is 19.7 Å². The summed E-state index contributed by atoms with van der Waals surface area (Å²) in [4.78, 5) is 7.90. The molecule has 3 aromatic rings. The fourth-order valence-corrected chi connectivity index (χ4v) is 2.86. The van der Waals surface area contributed by atoms with Gasteiger partial charge in [-0.1, -0.05) is 18.2 Å². The first-order valence-electron chi connectivity index (χ1n) is 7.57. The molecule has 0 amide bonds. The van der Waals surface area contributed by atoms with Crippen molar-refractivity contribution >= 4 is 0 Å². The van der Waals surface area contributed by atoms with Gasteiger partial charge >= 0.3 is 0 Å². The van der Waals surface area contributed by atoms with Crippen LogP contribution < -0.4 is 0 Å². The lowest BCUT2D eigenvalue weighted by Gasteiger charge is -2.07. The molecule has 1 N–H and O–H groups in total. The van der Waals surface area contributed by atoms with E-state index in [4.69, 9.17) is 14.8 Å². The zero-order valence-corrected chi connectivity index (χ0v) is 12.5. The predicted molar refractivity (Wildman–Crippen MR) is 84.1 cm³/mol.